The van der Waals surface area contributed by atoms with Gasteiger partial charge in [-0.15, -0.1) is 11.3 Å². The summed E-state index contributed by atoms with van der Waals surface area (Å²) in [5, 5.41) is 10.0. The number of hydrogen-bond acceptors (Lipinski definition) is 3. The molecule has 0 aliphatic heterocycles. The number of aromatic carboxylic acids is 1. The zero-order valence-corrected chi connectivity index (χ0v) is 9.38. The van der Waals surface area contributed by atoms with Gasteiger partial charge in [-0.3, -0.25) is 0 Å². The minimum atomic E-state index is -0.847. The molecule has 3 nitrogen and oxygen atoms in total. The predicted molar refractivity (Wildman–Crippen MR) is 33.2 cm³/mol. The van der Waals surface area contributed by atoms with Crippen LogP contribution in [-0.4, -0.2) is 16.6 Å². The van der Waals surface area contributed by atoms with Gasteiger partial charge in [0.25, 0.3) is 0 Å². The topological polar surface area (TPSA) is 67.3 Å². The third kappa shape index (κ3) is 3.82. The van der Waals surface area contributed by atoms with E-state index in [0.717, 1.165) is 0 Å². The molecule has 0 saturated heterocycles. The van der Waals surface area contributed by atoms with E-state index in [0.29, 0.717) is 4.88 Å². The first-order chi connectivity index (χ1) is 3.80. The molecule has 5 heteroatoms. The first kappa shape index (κ1) is 13.4. The Morgan fingerprint density at radius 3 is 2.40 bits per heavy atom. The molecule has 0 aliphatic rings. The van der Waals surface area contributed by atoms with Gasteiger partial charge in [0.05, 0.1) is 0 Å². The summed E-state index contributed by atoms with van der Waals surface area (Å²) in [6.45, 7) is 0. The van der Waals surface area contributed by atoms with Crippen molar-refractivity contribution in [3.63, 3.8) is 0 Å². The number of rotatable bonds is 1. The SMILES string of the molecule is O=C(O)c1cccs1.[K+].[OH-]. The Labute approximate surface area is 105 Å². The molecule has 50 valence electrons. The van der Waals surface area contributed by atoms with Gasteiger partial charge >= 0.3 is 57.4 Å². The van der Waals surface area contributed by atoms with Crippen LogP contribution in [0.4, 0.5) is 0 Å². The molecule has 1 rings (SSSR count). The standard InChI is InChI=1S/C5H4O2S.K.H2O/c6-5(7)4-2-1-3-8-4;;/h1-3H,(H,6,7);;1H2/q;+1;/p-1. The van der Waals surface area contributed by atoms with Gasteiger partial charge in [0, 0.05) is 0 Å². The molecule has 10 heavy (non-hydrogen) atoms. The minimum Gasteiger partial charge on any atom is -0.870 e. The van der Waals surface area contributed by atoms with Crippen LogP contribution in [0.25, 0.3) is 0 Å². The molecule has 0 aliphatic carbocycles. The molecule has 0 amide bonds. The molecule has 0 bridgehead atoms. The van der Waals surface area contributed by atoms with Gasteiger partial charge in [-0.05, 0) is 11.4 Å². The summed E-state index contributed by atoms with van der Waals surface area (Å²) < 4.78 is 0. The first-order valence-corrected chi connectivity index (χ1v) is 2.95. The third-order valence-electron chi connectivity index (χ3n) is 0.732. The third-order valence-corrected chi connectivity index (χ3v) is 1.59. The fraction of sp³-hybridized carbons (Fsp3) is 0. The average molecular weight is 184 g/mol. The molecule has 0 saturated carbocycles. The molecule has 0 fully saturated rings. The zero-order chi connectivity index (χ0) is 5.98. The van der Waals surface area contributed by atoms with Gasteiger partial charge in [-0.1, -0.05) is 6.07 Å². The van der Waals surface area contributed by atoms with Crippen LogP contribution in [0, 0.1) is 0 Å². The van der Waals surface area contributed by atoms with E-state index in [-0.39, 0.29) is 56.9 Å². The number of thiophene rings is 1. The van der Waals surface area contributed by atoms with Gasteiger partial charge in [0.15, 0.2) is 0 Å². The Bertz CT molecular complexity index is 185. The van der Waals surface area contributed by atoms with Crippen molar-refractivity contribution in [1.29, 1.82) is 0 Å². The van der Waals surface area contributed by atoms with Crippen molar-refractivity contribution in [2.45, 2.75) is 0 Å². The quantitative estimate of drug-likeness (QED) is 0.528. The van der Waals surface area contributed by atoms with E-state index in [1.807, 2.05) is 0 Å². The largest absolute Gasteiger partial charge is 1.00 e. The Kier molecular flexibility index (Phi) is 8.65. The Morgan fingerprint density at radius 1 is 1.60 bits per heavy atom. The smallest absolute Gasteiger partial charge is 0.870 e. The molecule has 1 aromatic heterocycles. The van der Waals surface area contributed by atoms with Crippen molar-refractivity contribution in [2.24, 2.45) is 0 Å². The summed E-state index contributed by atoms with van der Waals surface area (Å²) in [4.78, 5) is 10.5. The Balaban J connectivity index is 0. The predicted octanol–water partition coefficient (Wildman–Crippen LogP) is -1.73. The summed E-state index contributed by atoms with van der Waals surface area (Å²) in [6.07, 6.45) is 0. The van der Waals surface area contributed by atoms with Crippen LogP contribution in [0.5, 0.6) is 0 Å². The van der Waals surface area contributed by atoms with Gasteiger partial charge in [0.1, 0.15) is 4.88 Å². The van der Waals surface area contributed by atoms with Crippen LogP contribution in [0.1, 0.15) is 9.67 Å². The molecule has 2 N–H and O–H groups in total. The normalized spacial score (nSPS) is 7.20. The van der Waals surface area contributed by atoms with Crippen LogP contribution in [0.3, 0.4) is 0 Å². The van der Waals surface area contributed by atoms with Crippen LogP contribution in [-0.2, 0) is 0 Å². The minimum absolute atomic E-state index is 0. The fourth-order valence-corrected chi connectivity index (χ4v) is 0.962. The number of hydrogen-bond donors (Lipinski definition) is 1. The maximum Gasteiger partial charge on any atom is 1.00 e. The Hall–Kier alpha value is 0.766. The van der Waals surface area contributed by atoms with Crippen molar-refractivity contribution < 1.29 is 66.8 Å². The monoisotopic (exact) mass is 184 g/mol. The van der Waals surface area contributed by atoms with Crippen molar-refractivity contribution in [3.05, 3.63) is 22.4 Å². The van der Waals surface area contributed by atoms with Crippen molar-refractivity contribution in [2.75, 3.05) is 0 Å². The molecular weight excluding hydrogens is 179 g/mol. The van der Waals surface area contributed by atoms with Crippen LogP contribution < -0.4 is 51.4 Å². The van der Waals surface area contributed by atoms with Crippen LogP contribution in [0.15, 0.2) is 17.5 Å². The number of carboxylic acid groups (broad SMARTS) is 1. The van der Waals surface area contributed by atoms with Crippen LogP contribution in [0.2, 0.25) is 0 Å². The maximum atomic E-state index is 10.1. The maximum absolute atomic E-state index is 10.1. The zero-order valence-electron chi connectivity index (χ0n) is 5.44. The molecule has 1 aromatic rings. The first-order valence-electron chi connectivity index (χ1n) is 2.07. The van der Waals surface area contributed by atoms with E-state index in [1.165, 1.54) is 11.3 Å². The second-order valence-corrected chi connectivity index (χ2v) is 2.23. The van der Waals surface area contributed by atoms with Gasteiger partial charge in [0.2, 0.25) is 0 Å². The van der Waals surface area contributed by atoms with Gasteiger partial charge < -0.3 is 10.6 Å². The fourth-order valence-electron chi connectivity index (χ4n) is 0.400. The van der Waals surface area contributed by atoms with E-state index >= 15 is 0 Å². The second-order valence-electron chi connectivity index (χ2n) is 1.28. The molecule has 0 aromatic carbocycles. The second kappa shape index (κ2) is 6.47. The molecular formula is C5H5KO3S. The molecule has 1 heterocycles. The molecule has 0 spiro atoms. The molecule has 0 radical (unpaired) electrons. The summed E-state index contributed by atoms with van der Waals surface area (Å²) in [5.74, 6) is -0.847. The van der Waals surface area contributed by atoms with E-state index in [2.05, 4.69) is 0 Å². The summed E-state index contributed by atoms with van der Waals surface area (Å²) in [7, 11) is 0. The van der Waals surface area contributed by atoms with Crippen molar-refractivity contribution in [3.8, 4) is 0 Å². The van der Waals surface area contributed by atoms with Crippen LogP contribution >= 0.6 is 11.3 Å². The van der Waals surface area contributed by atoms with Gasteiger partial charge in [-0.25, -0.2) is 4.79 Å². The Morgan fingerprint density at radius 2 is 2.20 bits per heavy atom. The summed E-state index contributed by atoms with van der Waals surface area (Å²) >= 11 is 1.23. The van der Waals surface area contributed by atoms with E-state index in [9.17, 15) is 4.79 Å². The van der Waals surface area contributed by atoms with E-state index in [4.69, 9.17) is 5.11 Å². The van der Waals surface area contributed by atoms with Gasteiger partial charge in [-0.2, -0.15) is 0 Å². The summed E-state index contributed by atoms with van der Waals surface area (Å²) in [6, 6.07) is 3.29. The number of carbonyl (C=O) groups is 1. The molecule has 0 atom stereocenters. The molecule has 0 unspecified atom stereocenters. The van der Waals surface area contributed by atoms with E-state index < -0.39 is 5.97 Å². The summed E-state index contributed by atoms with van der Waals surface area (Å²) in [5.41, 5.74) is 0. The van der Waals surface area contributed by atoms with Crippen molar-refractivity contribution >= 4 is 17.3 Å². The average Bonchev–Trinajstić information content (AvgIpc) is 2.12. The van der Waals surface area contributed by atoms with E-state index in [1.54, 1.807) is 17.5 Å². The number of carboxylic acids is 1. The van der Waals surface area contributed by atoms with Crippen molar-refractivity contribution in [1.82, 2.24) is 0 Å².